The number of benzene rings is 1. The van der Waals surface area contributed by atoms with Crippen molar-refractivity contribution in [1.29, 1.82) is 0 Å². The number of aryl methyl sites for hydroxylation is 2. The summed E-state index contributed by atoms with van der Waals surface area (Å²) in [5.74, 6) is 0.171. The number of amides is 1. The van der Waals surface area contributed by atoms with E-state index in [4.69, 9.17) is 0 Å². The average molecular weight is 270 g/mol. The molecule has 0 fully saturated rings. The van der Waals surface area contributed by atoms with E-state index in [0.717, 1.165) is 17.0 Å². The topological polar surface area (TPSA) is 53.4 Å². The minimum atomic E-state index is -0.0527. The lowest BCUT2D eigenvalue weighted by atomic mass is 10.1. The van der Waals surface area contributed by atoms with E-state index in [0.29, 0.717) is 12.1 Å². The summed E-state index contributed by atoms with van der Waals surface area (Å²) >= 11 is 0. The van der Waals surface area contributed by atoms with Crippen LogP contribution in [0, 0.1) is 13.8 Å². The Balaban J connectivity index is 2.14. The van der Waals surface area contributed by atoms with Crippen molar-refractivity contribution >= 4 is 5.91 Å². The molecule has 1 heterocycles. The molecule has 0 aliphatic rings. The van der Waals surface area contributed by atoms with Gasteiger partial charge in [-0.2, -0.15) is 0 Å². The summed E-state index contributed by atoms with van der Waals surface area (Å²) in [6.07, 6.45) is 0. The molecule has 1 amide bonds. The Hall–Kier alpha value is -2.36. The van der Waals surface area contributed by atoms with Gasteiger partial charge in [0.2, 0.25) is 0 Å². The summed E-state index contributed by atoms with van der Waals surface area (Å²) in [4.78, 5) is 18.3. The zero-order valence-corrected chi connectivity index (χ0v) is 11.9. The van der Waals surface area contributed by atoms with Gasteiger partial charge in [-0.3, -0.25) is 9.78 Å². The standard InChI is InChI=1S/C16H18N2O2/c1-11-4-9-15(12(2)17-11)16(20)18(3)10-13-5-7-14(19)8-6-13/h4-9,19H,10H2,1-3H3. The van der Waals surface area contributed by atoms with Crippen LogP contribution in [0.15, 0.2) is 36.4 Å². The maximum atomic E-state index is 12.4. The first kappa shape index (κ1) is 14.1. The molecule has 4 nitrogen and oxygen atoms in total. The Labute approximate surface area is 118 Å². The molecule has 0 bridgehead atoms. The van der Waals surface area contributed by atoms with Gasteiger partial charge in [-0.15, -0.1) is 0 Å². The number of phenols is 1. The van der Waals surface area contributed by atoms with Gasteiger partial charge in [-0.1, -0.05) is 12.1 Å². The van der Waals surface area contributed by atoms with Gasteiger partial charge in [0.05, 0.1) is 11.3 Å². The van der Waals surface area contributed by atoms with E-state index in [1.807, 2.05) is 26.0 Å². The highest BCUT2D eigenvalue weighted by atomic mass is 16.3. The zero-order chi connectivity index (χ0) is 14.7. The maximum absolute atomic E-state index is 12.4. The Morgan fingerprint density at radius 1 is 1.15 bits per heavy atom. The van der Waals surface area contributed by atoms with E-state index in [-0.39, 0.29) is 11.7 Å². The number of aromatic nitrogens is 1. The lowest BCUT2D eigenvalue weighted by molar-refractivity contribution is 0.0784. The number of carbonyl (C=O) groups is 1. The molecule has 0 spiro atoms. The number of hydrogen-bond donors (Lipinski definition) is 1. The number of aromatic hydroxyl groups is 1. The first-order chi connectivity index (χ1) is 9.47. The molecule has 1 N–H and O–H groups in total. The number of nitrogens with zero attached hydrogens (tertiary/aromatic N) is 2. The van der Waals surface area contributed by atoms with Crippen molar-refractivity contribution in [2.24, 2.45) is 0 Å². The zero-order valence-electron chi connectivity index (χ0n) is 11.9. The summed E-state index contributed by atoms with van der Waals surface area (Å²) in [5, 5.41) is 9.25. The Bertz CT molecular complexity index is 621. The summed E-state index contributed by atoms with van der Waals surface area (Å²) in [5.41, 5.74) is 3.24. The molecule has 20 heavy (non-hydrogen) atoms. The van der Waals surface area contributed by atoms with Gasteiger partial charge in [0.15, 0.2) is 0 Å². The number of rotatable bonds is 3. The lowest BCUT2D eigenvalue weighted by Gasteiger charge is -2.18. The minimum absolute atomic E-state index is 0.0527. The van der Waals surface area contributed by atoms with Crippen LogP contribution < -0.4 is 0 Å². The summed E-state index contributed by atoms with van der Waals surface area (Å²) in [6.45, 7) is 4.24. The molecule has 2 rings (SSSR count). The van der Waals surface area contributed by atoms with Crippen molar-refractivity contribution in [3.8, 4) is 5.75 Å². The minimum Gasteiger partial charge on any atom is -0.508 e. The third-order valence-corrected chi connectivity index (χ3v) is 3.16. The van der Waals surface area contributed by atoms with Gasteiger partial charge < -0.3 is 10.0 Å². The second-order valence-electron chi connectivity index (χ2n) is 4.91. The molecule has 4 heteroatoms. The molecule has 0 unspecified atom stereocenters. The number of pyridine rings is 1. The smallest absolute Gasteiger partial charge is 0.255 e. The molecule has 0 saturated carbocycles. The monoisotopic (exact) mass is 270 g/mol. The molecule has 1 aromatic heterocycles. The molecule has 0 aliphatic heterocycles. The third-order valence-electron chi connectivity index (χ3n) is 3.16. The second kappa shape index (κ2) is 5.74. The maximum Gasteiger partial charge on any atom is 0.255 e. The van der Waals surface area contributed by atoms with Crippen LogP contribution in [0.25, 0.3) is 0 Å². The van der Waals surface area contributed by atoms with Crippen LogP contribution in [0.3, 0.4) is 0 Å². The van der Waals surface area contributed by atoms with Crippen molar-refractivity contribution in [2.75, 3.05) is 7.05 Å². The number of carbonyl (C=O) groups excluding carboxylic acids is 1. The quantitative estimate of drug-likeness (QED) is 0.933. The highest BCUT2D eigenvalue weighted by molar-refractivity contribution is 5.95. The third kappa shape index (κ3) is 3.15. The van der Waals surface area contributed by atoms with Gasteiger partial charge in [0.25, 0.3) is 5.91 Å². The second-order valence-corrected chi connectivity index (χ2v) is 4.91. The molecule has 1 aromatic carbocycles. The fraction of sp³-hybridized carbons (Fsp3) is 0.250. The van der Waals surface area contributed by atoms with Gasteiger partial charge in [0, 0.05) is 19.3 Å². The first-order valence-corrected chi connectivity index (χ1v) is 6.45. The van der Waals surface area contributed by atoms with Gasteiger partial charge in [0.1, 0.15) is 5.75 Å². The van der Waals surface area contributed by atoms with Gasteiger partial charge >= 0.3 is 0 Å². The highest BCUT2D eigenvalue weighted by Crippen LogP contribution is 2.14. The lowest BCUT2D eigenvalue weighted by Crippen LogP contribution is -2.27. The van der Waals surface area contributed by atoms with Crippen LogP contribution >= 0.6 is 0 Å². The molecule has 0 aliphatic carbocycles. The van der Waals surface area contributed by atoms with Gasteiger partial charge in [-0.05, 0) is 43.7 Å². The van der Waals surface area contributed by atoms with E-state index >= 15 is 0 Å². The SMILES string of the molecule is Cc1ccc(C(=O)N(C)Cc2ccc(O)cc2)c(C)n1. The van der Waals surface area contributed by atoms with Crippen LogP contribution in [-0.4, -0.2) is 27.9 Å². The van der Waals surface area contributed by atoms with Crippen LogP contribution in [0.4, 0.5) is 0 Å². The summed E-state index contributed by atoms with van der Waals surface area (Å²) < 4.78 is 0. The molecular formula is C16H18N2O2. The normalized spacial score (nSPS) is 10.3. The molecule has 0 atom stereocenters. The van der Waals surface area contributed by atoms with Crippen molar-refractivity contribution in [2.45, 2.75) is 20.4 Å². The molecular weight excluding hydrogens is 252 g/mol. The fourth-order valence-electron chi connectivity index (χ4n) is 2.07. The Kier molecular flexibility index (Phi) is 4.03. The predicted molar refractivity (Wildman–Crippen MR) is 77.6 cm³/mol. The van der Waals surface area contributed by atoms with E-state index in [1.54, 1.807) is 36.2 Å². The molecule has 2 aromatic rings. The summed E-state index contributed by atoms with van der Waals surface area (Å²) in [6, 6.07) is 10.5. The van der Waals surface area contributed by atoms with Crippen LogP contribution in [0.1, 0.15) is 27.3 Å². The fourth-order valence-corrected chi connectivity index (χ4v) is 2.07. The van der Waals surface area contributed by atoms with E-state index < -0.39 is 0 Å². The molecule has 0 saturated heterocycles. The van der Waals surface area contributed by atoms with Crippen LogP contribution in [0.5, 0.6) is 5.75 Å². The molecule has 0 radical (unpaired) electrons. The van der Waals surface area contributed by atoms with E-state index in [2.05, 4.69) is 4.98 Å². The van der Waals surface area contributed by atoms with Crippen LogP contribution in [-0.2, 0) is 6.54 Å². The average Bonchev–Trinajstić information content (AvgIpc) is 2.40. The van der Waals surface area contributed by atoms with Crippen molar-refractivity contribution in [3.63, 3.8) is 0 Å². The Morgan fingerprint density at radius 3 is 2.40 bits per heavy atom. The Morgan fingerprint density at radius 2 is 1.80 bits per heavy atom. The number of hydrogen-bond acceptors (Lipinski definition) is 3. The van der Waals surface area contributed by atoms with Crippen LogP contribution in [0.2, 0.25) is 0 Å². The molecule has 104 valence electrons. The predicted octanol–water partition coefficient (Wildman–Crippen LogP) is 2.68. The highest BCUT2D eigenvalue weighted by Gasteiger charge is 2.15. The van der Waals surface area contributed by atoms with E-state index in [9.17, 15) is 9.90 Å². The van der Waals surface area contributed by atoms with Crippen molar-refractivity contribution in [1.82, 2.24) is 9.88 Å². The summed E-state index contributed by atoms with van der Waals surface area (Å²) in [7, 11) is 1.76. The van der Waals surface area contributed by atoms with Gasteiger partial charge in [-0.25, -0.2) is 0 Å². The van der Waals surface area contributed by atoms with Crippen molar-refractivity contribution in [3.05, 3.63) is 58.9 Å². The number of phenolic OH excluding ortho intramolecular Hbond substituents is 1. The first-order valence-electron chi connectivity index (χ1n) is 6.45. The largest absolute Gasteiger partial charge is 0.508 e. The van der Waals surface area contributed by atoms with E-state index in [1.165, 1.54) is 0 Å². The van der Waals surface area contributed by atoms with Crippen molar-refractivity contribution < 1.29 is 9.90 Å².